The number of hydrogen-bond donors (Lipinski definition) is 0. The second-order valence-corrected chi connectivity index (χ2v) is 3.41. The molecule has 0 saturated heterocycles. The van der Waals surface area contributed by atoms with E-state index in [9.17, 15) is 24.0 Å². The molecule has 23 heavy (non-hydrogen) atoms. The molecule has 0 aromatic rings. The van der Waals surface area contributed by atoms with Gasteiger partial charge in [-0.05, 0) is 0 Å². The Morgan fingerprint density at radius 1 is 0.609 bits per heavy atom. The van der Waals surface area contributed by atoms with E-state index in [1.54, 1.807) is 0 Å². The summed E-state index contributed by atoms with van der Waals surface area (Å²) in [5.74, 6) is -2.33. The molecule has 0 aliphatic rings. The first-order valence-corrected chi connectivity index (χ1v) is 6.05. The fourth-order valence-electron chi connectivity index (χ4n) is 0.458. The van der Waals surface area contributed by atoms with Crippen LogP contribution in [0.25, 0.3) is 0 Å². The summed E-state index contributed by atoms with van der Waals surface area (Å²) in [7, 11) is 3.78. The van der Waals surface area contributed by atoms with Crippen LogP contribution in [0, 0.1) is 0 Å². The lowest BCUT2D eigenvalue weighted by Gasteiger charge is -1.99. The van der Waals surface area contributed by atoms with Crippen molar-refractivity contribution in [1.82, 2.24) is 0 Å². The molecule has 0 rings (SSSR count). The first-order chi connectivity index (χ1) is 10.6. The first kappa shape index (κ1) is 25.3. The van der Waals surface area contributed by atoms with E-state index in [4.69, 9.17) is 0 Å². The smallest absolute Gasteiger partial charge is 0.316 e. The standard InChI is InChI=1S/2C5H8O4.C3H6O2/c1-8-4(6)3-5(7)9-2;1-4(6)8-3-9-5(2)7;1-3(4)5-2/h2*3H2,1-2H3;1-2H3. The number of carbonyl (C=O) groups is 5. The Bertz CT molecular complexity index is 360. The SMILES string of the molecule is CC(=O)OCOC(C)=O.COC(=O)CC(=O)OC.COC(C)=O. The summed E-state index contributed by atoms with van der Waals surface area (Å²) in [4.78, 5) is 50.1. The third-order valence-corrected chi connectivity index (χ3v) is 1.56. The third-order valence-electron chi connectivity index (χ3n) is 1.56. The van der Waals surface area contributed by atoms with E-state index in [1.807, 2.05) is 0 Å². The molecule has 0 aliphatic carbocycles. The fourth-order valence-corrected chi connectivity index (χ4v) is 0.458. The van der Waals surface area contributed by atoms with Gasteiger partial charge in [0.25, 0.3) is 0 Å². The number of carbonyl (C=O) groups excluding carboxylic acids is 5. The Balaban J connectivity index is -0.000000273. The highest BCUT2D eigenvalue weighted by Gasteiger charge is 2.07. The Labute approximate surface area is 134 Å². The quantitative estimate of drug-likeness (QED) is 0.298. The number of hydrogen-bond acceptors (Lipinski definition) is 10. The molecule has 0 aromatic carbocycles. The van der Waals surface area contributed by atoms with Gasteiger partial charge in [-0.15, -0.1) is 0 Å². The topological polar surface area (TPSA) is 132 Å². The van der Waals surface area contributed by atoms with Gasteiger partial charge < -0.3 is 23.7 Å². The summed E-state index contributed by atoms with van der Waals surface area (Å²) >= 11 is 0. The van der Waals surface area contributed by atoms with Crippen LogP contribution in [-0.2, 0) is 47.7 Å². The first-order valence-electron chi connectivity index (χ1n) is 6.05. The van der Waals surface area contributed by atoms with Gasteiger partial charge in [-0.25, -0.2) is 0 Å². The van der Waals surface area contributed by atoms with Gasteiger partial charge in [0, 0.05) is 20.8 Å². The molecular formula is C13H22O10. The van der Waals surface area contributed by atoms with Gasteiger partial charge in [-0.2, -0.15) is 0 Å². The predicted octanol–water partition coefficient (Wildman–Crippen LogP) is -0.0281. The summed E-state index contributed by atoms with van der Waals surface area (Å²) in [6.45, 7) is 3.55. The summed E-state index contributed by atoms with van der Waals surface area (Å²) in [6, 6.07) is 0. The van der Waals surface area contributed by atoms with Crippen LogP contribution < -0.4 is 0 Å². The van der Waals surface area contributed by atoms with Crippen molar-refractivity contribution >= 4 is 29.8 Å². The van der Waals surface area contributed by atoms with Crippen molar-refractivity contribution in [1.29, 1.82) is 0 Å². The lowest BCUT2D eigenvalue weighted by molar-refractivity contribution is -0.164. The summed E-state index contributed by atoms with van der Waals surface area (Å²) in [6.07, 6.45) is -0.312. The number of ether oxygens (including phenoxy) is 5. The van der Waals surface area contributed by atoms with E-state index in [1.165, 1.54) is 42.1 Å². The molecule has 10 nitrogen and oxygen atoms in total. The van der Waals surface area contributed by atoms with E-state index in [-0.39, 0.29) is 19.2 Å². The molecule has 0 heterocycles. The van der Waals surface area contributed by atoms with Crippen LogP contribution in [0.3, 0.4) is 0 Å². The van der Waals surface area contributed by atoms with Crippen LogP contribution >= 0.6 is 0 Å². The second-order valence-electron chi connectivity index (χ2n) is 3.41. The highest BCUT2D eigenvalue weighted by Crippen LogP contribution is 1.85. The average Bonchev–Trinajstić information content (AvgIpc) is 2.47. The maximum absolute atomic E-state index is 10.3. The normalized spacial score (nSPS) is 7.91. The maximum atomic E-state index is 10.3. The summed E-state index contributed by atoms with van der Waals surface area (Å²) in [5, 5.41) is 0. The van der Waals surface area contributed by atoms with Crippen molar-refractivity contribution in [3.63, 3.8) is 0 Å². The summed E-state index contributed by atoms with van der Waals surface area (Å²) < 4.78 is 21.0. The van der Waals surface area contributed by atoms with Crippen molar-refractivity contribution in [2.75, 3.05) is 28.1 Å². The molecule has 0 aromatic heterocycles. The minimum absolute atomic E-state index is 0.245. The number of rotatable bonds is 4. The van der Waals surface area contributed by atoms with Gasteiger partial charge in [0.2, 0.25) is 6.79 Å². The van der Waals surface area contributed by atoms with Crippen molar-refractivity contribution in [2.24, 2.45) is 0 Å². The molecule has 0 amide bonds. The van der Waals surface area contributed by atoms with E-state index < -0.39 is 23.9 Å². The van der Waals surface area contributed by atoms with Gasteiger partial charge in [0.05, 0.1) is 21.3 Å². The molecule has 0 aliphatic heterocycles. The lowest BCUT2D eigenvalue weighted by Crippen LogP contribution is -2.09. The van der Waals surface area contributed by atoms with Gasteiger partial charge in [0.1, 0.15) is 6.42 Å². The highest BCUT2D eigenvalue weighted by molar-refractivity contribution is 5.90. The van der Waals surface area contributed by atoms with Gasteiger partial charge in [0.15, 0.2) is 0 Å². The highest BCUT2D eigenvalue weighted by atomic mass is 16.7. The van der Waals surface area contributed by atoms with Crippen molar-refractivity contribution < 1.29 is 47.7 Å². The monoisotopic (exact) mass is 338 g/mol. The molecule has 0 saturated carbocycles. The Morgan fingerprint density at radius 2 is 0.913 bits per heavy atom. The van der Waals surface area contributed by atoms with Crippen LogP contribution in [-0.4, -0.2) is 58.0 Å². The zero-order valence-electron chi connectivity index (χ0n) is 14.0. The molecule has 0 bridgehead atoms. The summed E-state index contributed by atoms with van der Waals surface area (Å²) in [5.41, 5.74) is 0. The minimum atomic E-state index is -0.582. The molecule has 0 spiro atoms. The number of methoxy groups -OCH3 is 3. The van der Waals surface area contributed by atoms with E-state index in [2.05, 4.69) is 23.7 Å². The van der Waals surface area contributed by atoms with Crippen LogP contribution in [0.15, 0.2) is 0 Å². The van der Waals surface area contributed by atoms with Gasteiger partial charge >= 0.3 is 29.8 Å². The predicted molar refractivity (Wildman–Crippen MR) is 74.7 cm³/mol. The zero-order valence-corrected chi connectivity index (χ0v) is 14.0. The van der Waals surface area contributed by atoms with Crippen molar-refractivity contribution in [2.45, 2.75) is 27.2 Å². The molecule has 0 atom stereocenters. The second kappa shape index (κ2) is 17.4. The van der Waals surface area contributed by atoms with Gasteiger partial charge in [-0.1, -0.05) is 0 Å². The molecule has 0 unspecified atom stereocenters. The van der Waals surface area contributed by atoms with Crippen LogP contribution in [0.4, 0.5) is 0 Å². The van der Waals surface area contributed by atoms with E-state index in [0.29, 0.717) is 0 Å². The lowest BCUT2D eigenvalue weighted by atomic mass is 10.4. The van der Waals surface area contributed by atoms with Crippen LogP contribution in [0.2, 0.25) is 0 Å². The van der Waals surface area contributed by atoms with Crippen LogP contribution in [0.5, 0.6) is 0 Å². The zero-order chi connectivity index (χ0) is 18.8. The fraction of sp³-hybridized carbons (Fsp3) is 0.615. The third kappa shape index (κ3) is 32.7. The molecule has 10 heteroatoms. The molecule has 134 valence electrons. The average molecular weight is 338 g/mol. The molecular weight excluding hydrogens is 316 g/mol. The van der Waals surface area contributed by atoms with Crippen molar-refractivity contribution in [3.05, 3.63) is 0 Å². The van der Waals surface area contributed by atoms with Crippen molar-refractivity contribution in [3.8, 4) is 0 Å². The molecule has 0 radical (unpaired) electrons. The number of esters is 5. The van der Waals surface area contributed by atoms with E-state index >= 15 is 0 Å². The minimum Gasteiger partial charge on any atom is -0.469 e. The van der Waals surface area contributed by atoms with E-state index in [0.717, 1.165) is 0 Å². The molecule has 0 fully saturated rings. The Morgan fingerprint density at radius 3 is 1.09 bits per heavy atom. The van der Waals surface area contributed by atoms with Gasteiger partial charge in [-0.3, -0.25) is 24.0 Å². The molecule has 0 N–H and O–H groups in total. The van der Waals surface area contributed by atoms with Crippen LogP contribution in [0.1, 0.15) is 27.2 Å². The Kier molecular flexibility index (Phi) is 19.2. The largest absolute Gasteiger partial charge is 0.469 e. The maximum Gasteiger partial charge on any atom is 0.316 e. The Hall–Kier alpha value is -2.65.